The lowest BCUT2D eigenvalue weighted by atomic mass is 9.79. The normalized spacial score (nSPS) is 18.4. The van der Waals surface area contributed by atoms with Crippen molar-refractivity contribution in [2.45, 2.75) is 25.2 Å². The molecule has 0 saturated carbocycles. The summed E-state index contributed by atoms with van der Waals surface area (Å²) >= 11 is 0. The average Bonchev–Trinajstić information content (AvgIpc) is 2.67. The summed E-state index contributed by atoms with van der Waals surface area (Å²) in [5, 5.41) is 2.85. The van der Waals surface area contributed by atoms with E-state index in [0.29, 0.717) is 5.92 Å². The van der Waals surface area contributed by atoms with Crippen molar-refractivity contribution in [1.82, 2.24) is 0 Å². The predicted molar refractivity (Wildman–Crippen MR) is 103 cm³/mol. The van der Waals surface area contributed by atoms with Crippen molar-refractivity contribution >= 4 is 22.9 Å². The van der Waals surface area contributed by atoms with Gasteiger partial charge in [0.05, 0.1) is 0 Å². The molecule has 0 heterocycles. The number of aryl methyl sites for hydroxylation is 1. The predicted octanol–water partition coefficient (Wildman–Crippen LogP) is 6.35. The van der Waals surface area contributed by atoms with Gasteiger partial charge in [-0.1, -0.05) is 78.9 Å². The minimum atomic E-state index is 0.478. The molecule has 3 aromatic rings. The molecule has 116 valence electrons. The van der Waals surface area contributed by atoms with E-state index in [0.717, 1.165) is 19.3 Å². The van der Waals surface area contributed by atoms with E-state index in [1.54, 1.807) is 0 Å². The first-order chi connectivity index (χ1) is 11.9. The zero-order chi connectivity index (χ0) is 15.9. The van der Waals surface area contributed by atoms with E-state index in [1.807, 2.05) is 0 Å². The molecule has 0 spiro atoms. The summed E-state index contributed by atoms with van der Waals surface area (Å²) < 4.78 is 0. The van der Waals surface area contributed by atoms with E-state index < -0.39 is 0 Å². The van der Waals surface area contributed by atoms with Crippen molar-refractivity contribution in [2.24, 2.45) is 0 Å². The Morgan fingerprint density at radius 3 is 2.54 bits per heavy atom. The maximum atomic E-state index is 2.37. The van der Waals surface area contributed by atoms with Crippen LogP contribution in [0.1, 0.15) is 46.6 Å². The van der Waals surface area contributed by atoms with Gasteiger partial charge in [-0.15, -0.1) is 0 Å². The molecular weight excluding hydrogens is 288 g/mol. The lowest BCUT2D eigenvalue weighted by Crippen LogP contribution is -2.07. The highest BCUT2D eigenvalue weighted by molar-refractivity contribution is 5.97. The van der Waals surface area contributed by atoms with Crippen LogP contribution in [-0.4, -0.2) is 0 Å². The number of fused-ring (bicyclic) bond motifs is 5. The van der Waals surface area contributed by atoms with Crippen LogP contribution in [0.25, 0.3) is 22.9 Å². The molecule has 0 bridgehead atoms. The Balaban J connectivity index is 1.74. The standard InChI is InChI=1S/C24H20/c1-2-7-17(8-3-1)20-11-6-12-21-22(20)15-16-23-19-10-5-4-9-18(19)13-14-24(21)23/h1-4,6-9,12-16,20H,5,10-11H2/t20-/m0/s1. The molecule has 0 aromatic heterocycles. The molecule has 0 unspecified atom stereocenters. The summed E-state index contributed by atoms with van der Waals surface area (Å²) in [6, 6.07) is 20.3. The van der Waals surface area contributed by atoms with Crippen molar-refractivity contribution in [3.8, 4) is 0 Å². The zero-order valence-corrected chi connectivity index (χ0v) is 13.7. The Morgan fingerprint density at radius 2 is 1.62 bits per heavy atom. The SMILES string of the molecule is C1=Cc2ccc3c4c(ccc3c2CC1)[C@H](c1ccccc1)CC=C4. The van der Waals surface area contributed by atoms with Gasteiger partial charge in [0, 0.05) is 5.92 Å². The molecular formula is C24H20. The van der Waals surface area contributed by atoms with E-state index in [2.05, 4.69) is 78.9 Å². The van der Waals surface area contributed by atoms with Crippen molar-refractivity contribution < 1.29 is 0 Å². The Bertz CT molecular complexity index is 974. The second-order valence-electron chi connectivity index (χ2n) is 6.84. The molecule has 2 aliphatic carbocycles. The highest BCUT2D eigenvalue weighted by atomic mass is 14.2. The van der Waals surface area contributed by atoms with Gasteiger partial charge in [-0.25, -0.2) is 0 Å². The summed E-state index contributed by atoms with van der Waals surface area (Å²) in [7, 11) is 0. The summed E-state index contributed by atoms with van der Waals surface area (Å²) in [4.78, 5) is 0. The van der Waals surface area contributed by atoms with E-state index >= 15 is 0 Å². The fourth-order valence-electron chi connectivity index (χ4n) is 4.34. The minimum Gasteiger partial charge on any atom is -0.0836 e. The number of allylic oxidation sites excluding steroid dienone is 2. The second kappa shape index (κ2) is 5.49. The van der Waals surface area contributed by atoms with E-state index in [4.69, 9.17) is 0 Å². The van der Waals surface area contributed by atoms with Gasteiger partial charge in [0.2, 0.25) is 0 Å². The van der Waals surface area contributed by atoms with Crippen LogP contribution < -0.4 is 0 Å². The number of hydrogen-bond donors (Lipinski definition) is 0. The third-order valence-electron chi connectivity index (χ3n) is 5.52. The Hall–Kier alpha value is -2.60. The quantitative estimate of drug-likeness (QED) is 0.491. The van der Waals surface area contributed by atoms with Gasteiger partial charge < -0.3 is 0 Å². The van der Waals surface area contributed by atoms with Gasteiger partial charge in [0.1, 0.15) is 0 Å². The largest absolute Gasteiger partial charge is 0.0836 e. The van der Waals surface area contributed by atoms with Crippen LogP contribution in [0.15, 0.2) is 66.7 Å². The Kier molecular flexibility index (Phi) is 3.16. The third kappa shape index (κ3) is 2.06. The van der Waals surface area contributed by atoms with Gasteiger partial charge in [-0.05, 0) is 57.9 Å². The molecule has 5 rings (SSSR count). The summed E-state index contributed by atoms with van der Waals surface area (Å²) in [6.07, 6.45) is 12.7. The maximum Gasteiger partial charge on any atom is 0.0130 e. The molecule has 0 aliphatic heterocycles. The molecule has 1 atom stereocenters. The zero-order valence-electron chi connectivity index (χ0n) is 13.7. The Labute approximate surface area is 143 Å². The van der Waals surface area contributed by atoms with Gasteiger partial charge in [0.25, 0.3) is 0 Å². The van der Waals surface area contributed by atoms with Crippen LogP contribution in [0, 0.1) is 0 Å². The van der Waals surface area contributed by atoms with Crippen LogP contribution in [0.2, 0.25) is 0 Å². The van der Waals surface area contributed by atoms with Gasteiger partial charge in [-0.3, -0.25) is 0 Å². The van der Waals surface area contributed by atoms with Gasteiger partial charge >= 0.3 is 0 Å². The highest BCUT2D eigenvalue weighted by Gasteiger charge is 2.21. The molecule has 0 fully saturated rings. The van der Waals surface area contributed by atoms with Crippen molar-refractivity contribution in [2.75, 3.05) is 0 Å². The molecule has 0 heteroatoms. The topological polar surface area (TPSA) is 0 Å². The first-order valence-electron chi connectivity index (χ1n) is 8.88. The van der Waals surface area contributed by atoms with Crippen LogP contribution in [-0.2, 0) is 6.42 Å². The third-order valence-corrected chi connectivity index (χ3v) is 5.52. The monoisotopic (exact) mass is 308 g/mol. The average molecular weight is 308 g/mol. The minimum absolute atomic E-state index is 0.478. The molecule has 0 nitrogen and oxygen atoms in total. The van der Waals surface area contributed by atoms with Gasteiger partial charge in [-0.2, -0.15) is 0 Å². The lowest BCUT2D eigenvalue weighted by molar-refractivity contribution is 0.821. The van der Waals surface area contributed by atoms with Gasteiger partial charge in [0.15, 0.2) is 0 Å². The first-order valence-corrected chi connectivity index (χ1v) is 8.88. The molecule has 24 heavy (non-hydrogen) atoms. The Morgan fingerprint density at radius 1 is 0.750 bits per heavy atom. The summed E-state index contributed by atoms with van der Waals surface area (Å²) in [5.74, 6) is 0.478. The smallest absolute Gasteiger partial charge is 0.0130 e. The van der Waals surface area contributed by atoms with Crippen molar-refractivity contribution in [3.05, 3.63) is 94.6 Å². The van der Waals surface area contributed by atoms with Crippen molar-refractivity contribution in [1.29, 1.82) is 0 Å². The van der Waals surface area contributed by atoms with Crippen LogP contribution >= 0.6 is 0 Å². The van der Waals surface area contributed by atoms with E-state index in [9.17, 15) is 0 Å². The van der Waals surface area contributed by atoms with Crippen LogP contribution in [0.3, 0.4) is 0 Å². The molecule has 0 saturated heterocycles. The molecule has 0 amide bonds. The molecule has 0 radical (unpaired) electrons. The van der Waals surface area contributed by atoms with Crippen molar-refractivity contribution in [3.63, 3.8) is 0 Å². The molecule has 2 aliphatic rings. The summed E-state index contributed by atoms with van der Waals surface area (Å²) in [6.45, 7) is 0. The summed E-state index contributed by atoms with van der Waals surface area (Å²) in [5.41, 5.74) is 7.23. The highest BCUT2D eigenvalue weighted by Crippen LogP contribution is 2.40. The fraction of sp³-hybridized carbons (Fsp3) is 0.167. The second-order valence-corrected chi connectivity index (χ2v) is 6.84. The van der Waals surface area contributed by atoms with E-state index in [1.165, 1.54) is 38.6 Å². The molecule has 0 N–H and O–H groups in total. The van der Waals surface area contributed by atoms with E-state index in [-0.39, 0.29) is 0 Å². The first kappa shape index (κ1) is 13.8. The number of hydrogen-bond acceptors (Lipinski definition) is 0. The lowest BCUT2D eigenvalue weighted by Gasteiger charge is -2.25. The fourth-order valence-corrected chi connectivity index (χ4v) is 4.34. The van der Waals surface area contributed by atoms with Crippen LogP contribution in [0.4, 0.5) is 0 Å². The molecule has 3 aromatic carbocycles. The van der Waals surface area contributed by atoms with Crippen LogP contribution in [0.5, 0.6) is 0 Å². The number of rotatable bonds is 1. The maximum absolute atomic E-state index is 2.37. The number of benzene rings is 3.